The minimum absolute atomic E-state index is 0.193. The SMILES string of the molecule is COC[Si]1(C(C)(C)C)O[Si](COC)(C(C)(C)C)O[Si](COC)(C(C)(C)C)O1. The number of methoxy groups -OCH3 is 3. The van der Waals surface area contributed by atoms with E-state index in [1.54, 1.807) is 21.3 Å². The van der Waals surface area contributed by atoms with Gasteiger partial charge in [0.1, 0.15) is 0 Å². The van der Waals surface area contributed by atoms with E-state index in [-0.39, 0.29) is 15.1 Å². The van der Waals surface area contributed by atoms with Crippen LogP contribution in [0.15, 0.2) is 0 Å². The van der Waals surface area contributed by atoms with E-state index in [1.165, 1.54) is 0 Å². The summed E-state index contributed by atoms with van der Waals surface area (Å²) in [5.41, 5.74) is 0. The predicted molar refractivity (Wildman–Crippen MR) is 115 cm³/mol. The van der Waals surface area contributed by atoms with Gasteiger partial charge >= 0.3 is 25.7 Å². The lowest BCUT2D eigenvalue weighted by Crippen LogP contribution is -2.80. The molecule has 1 heterocycles. The Kier molecular flexibility index (Phi) is 7.79. The minimum atomic E-state index is -2.83. The van der Waals surface area contributed by atoms with Crippen LogP contribution in [-0.2, 0) is 26.6 Å². The molecular weight excluding hydrogens is 396 g/mol. The van der Waals surface area contributed by atoms with Crippen molar-refractivity contribution in [2.24, 2.45) is 0 Å². The second-order valence-electron chi connectivity index (χ2n) is 10.6. The van der Waals surface area contributed by atoms with Gasteiger partial charge < -0.3 is 26.6 Å². The standard InChI is InChI=1S/C18H42O6Si3/c1-16(2,3)25(13-19-10)22-26(14-20-11,17(4,5)6)24-27(23-25,15-21-12)18(7,8)9/h13-15H2,1-12H3. The van der Waals surface area contributed by atoms with Crippen molar-refractivity contribution in [3.8, 4) is 0 Å². The molecular formula is C18H42O6Si3. The molecule has 6 nitrogen and oxygen atoms in total. The van der Waals surface area contributed by atoms with Crippen LogP contribution in [0.2, 0.25) is 15.1 Å². The number of rotatable bonds is 6. The highest BCUT2D eigenvalue weighted by Gasteiger charge is 2.72. The molecule has 0 saturated carbocycles. The van der Waals surface area contributed by atoms with Gasteiger partial charge in [0.05, 0.1) is 18.7 Å². The zero-order valence-corrected chi connectivity index (χ0v) is 22.6. The van der Waals surface area contributed by atoms with E-state index in [4.69, 9.17) is 26.6 Å². The van der Waals surface area contributed by atoms with E-state index in [2.05, 4.69) is 62.3 Å². The average molecular weight is 439 g/mol. The summed E-state index contributed by atoms with van der Waals surface area (Å²) in [7, 11) is -3.34. The number of hydrogen-bond acceptors (Lipinski definition) is 6. The maximum absolute atomic E-state index is 7.03. The number of hydrogen-bond donors (Lipinski definition) is 0. The summed E-state index contributed by atoms with van der Waals surface area (Å²) in [4.78, 5) is 0. The molecule has 1 aliphatic rings. The molecule has 0 unspecified atom stereocenters. The molecule has 0 aliphatic carbocycles. The quantitative estimate of drug-likeness (QED) is 0.575. The lowest BCUT2D eigenvalue weighted by atomic mass is 10.2. The molecule has 1 rings (SSSR count). The first-order valence-electron chi connectivity index (χ1n) is 9.63. The van der Waals surface area contributed by atoms with Gasteiger partial charge in [-0.25, -0.2) is 0 Å². The Labute approximate surface area is 170 Å². The maximum Gasteiger partial charge on any atom is 0.352 e. The molecule has 0 amide bonds. The highest BCUT2D eigenvalue weighted by molar-refractivity contribution is 6.97. The van der Waals surface area contributed by atoms with E-state index in [0.29, 0.717) is 18.7 Å². The summed E-state index contributed by atoms with van der Waals surface area (Å²) >= 11 is 0. The summed E-state index contributed by atoms with van der Waals surface area (Å²) in [6, 6.07) is 0. The molecule has 1 fully saturated rings. The van der Waals surface area contributed by atoms with Gasteiger partial charge in [-0.05, 0) is 0 Å². The van der Waals surface area contributed by atoms with E-state index in [1.807, 2.05) is 0 Å². The van der Waals surface area contributed by atoms with Crippen LogP contribution in [0.5, 0.6) is 0 Å². The Bertz CT molecular complexity index is 415. The van der Waals surface area contributed by atoms with Crippen molar-refractivity contribution in [2.75, 3.05) is 40.0 Å². The normalized spacial score (nSPS) is 33.3. The summed E-state index contributed by atoms with van der Waals surface area (Å²) in [6.07, 6.45) is 1.38. The molecule has 0 aromatic rings. The van der Waals surface area contributed by atoms with Crippen molar-refractivity contribution >= 4 is 25.7 Å². The second kappa shape index (κ2) is 8.27. The van der Waals surface area contributed by atoms with Crippen molar-refractivity contribution in [1.82, 2.24) is 0 Å². The van der Waals surface area contributed by atoms with Crippen LogP contribution in [-0.4, -0.2) is 65.7 Å². The average Bonchev–Trinajstić information content (AvgIpc) is 2.44. The molecule has 0 atom stereocenters. The van der Waals surface area contributed by atoms with Gasteiger partial charge in [-0.2, -0.15) is 0 Å². The Morgan fingerprint density at radius 1 is 0.481 bits per heavy atom. The van der Waals surface area contributed by atoms with Crippen LogP contribution in [0.3, 0.4) is 0 Å². The first-order valence-corrected chi connectivity index (χ1v) is 15.7. The Morgan fingerprint density at radius 3 is 0.778 bits per heavy atom. The molecule has 0 aromatic carbocycles. The third-order valence-corrected chi connectivity index (χ3v) is 22.2. The van der Waals surface area contributed by atoms with Crippen LogP contribution in [0.1, 0.15) is 62.3 Å². The fourth-order valence-electron chi connectivity index (χ4n) is 3.18. The lowest BCUT2D eigenvalue weighted by Gasteiger charge is -2.61. The molecule has 9 heteroatoms. The van der Waals surface area contributed by atoms with Gasteiger partial charge in [-0.15, -0.1) is 0 Å². The topological polar surface area (TPSA) is 55.4 Å². The number of ether oxygens (including phenoxy) is 3. The molecule has 1 aliphatic heterocycles. The van der Waals surface area contributed by atoms with Gasteiger partial charge in [0.2, 0.25) is 0 Å². The Morgan fingerprint density at radius 2 is 0.667 bits per heavy atom. The molecule has 1 saturated heterocycles. The van der Waals surface area contributed by atoms with Gasteiger partial charge in [-0.1, -0.05) is 62.3 Å². The van der Waals surface area contributed by atoms with E-state index in [9.17, 15) is 0 Å². The van der Waals surface area contributed by atoms with Gasteiger partial charge in [0.15, 0.2) is 0 Å². The first kappa shape index (κ1) is 25.4. The maximum atomic E-state index is 7.03. The van der Waals surface area contributed by atoms with Crippen molar-refractivity contribution in [3.63, 3.8) is 0 Å². The van der Waals surface area contributed by atoms with Crippen molar-refractivity contribution in [3.05, 3.63) is 0 Å². The molecule has 0 bridgehead atoms. The largest absolute Gasteiger partial charge is 0.412 e. The molecule has 0 N–H and O–H groups in total. The molecule has 0 spiro atoms. The summed E-state index contributed by atoms with van der Waals surface area (Å²) < 4.78 is 38.2. The van der Waals surface area contributed by atoms with Crippen LogP contribution in [0, 0.1) is 0 Å². The van der Waals surface area contributed by atoms with Gasteiger partial charge in [0.25, 0.3) is 0 Å². The van der Waals surface area contributed by atoms with Crippen LogP contribution < -0.4 is 0 Å². The van der Waals surface area contributed by atoms with Crippen molar-refractivity contribution in [1.29, 1.82) is 0 Å². The monoisotopic (exact) mass is 438 g/mol. The highest BCUT2D eigenvalue weighted by Crippen LogP contribution is 2.55. The first-order chi connectivity index (χ1) is 12.1. The van der Waals surface area contributed by atoms with Gasteiger partial charge in [-0.3, -0.25) is 0 Å². The molecule has 27 heavy (non-hydrogen) atoms. The van der Waals surface area contributed by atoms with Crippen molar-refractivity contribution < 1.29 is 26.6 Å². The van der Waals surface area contributed by atoms with E-state index in [0.717, 1.165) is 0 Å². The Balaban J connectivity index is 3.79. The van der Waals surface area contributed by atoms with Crippen LogP contribution in [0.4, 0.5) is 0 Å². The van der Waals surface area contributed by atoms with E-state index >= 15 is 0 Å². The summed E-state index contributed by atoms with van der Waals surface area (Å²) in [5.74, 6) is 0. The lowest BCUT2D eigenvalue weighted by molar-refractivity contribution is 0.0863. The van der Waals surface area contributed by atoms with Crippen LogP contribution in [0.25, 0.3) is 0 Å². The molecule has 0 radical (unpaired) electrons. The second-order valence-corrected chi connectivity index (χ2v) is 22.9. The zero-order valence-electron chi connectivity index (χ0n) is 19.6. The Hall–Kier alpha value is 0.411. The van der Waals surface area contributed by atoms with E-state index < -0.39 is 25.7 Å². The summed E-state index contributed by atoms with van der Waals surface area (Å²) in [5, 5.41) is -0.580. The van der Waals surface area contributed by atoms with Gasteiger partial charge in [0, 0.05) is 36.4 Å². The third kappa shape index (κ3) is 4.77. The smallest absolute Gasteiger partial charge is 0.352 e. The fourth-order valence-corrected chi connectivity index (χ4v) is 22.4. The minimum Gasteiger partial charge on any atom is -0.412 e. The predicted octanol–water partition coefficient (Wildman–Crippen LogP) is 4.33. The molecule has 0 aromatic heterocycles. The van der Waals surface area contributed by atoms with Crippen molar-refractivity contribution in [2.45, 2.75) is 77.4 Å². The third-order valence-electron chi connectivity index (χ3n) is 5.42. The molecule has 162 valence electrons. The summed E-state index contributed by atoms with van der Waals surface area (Å²) in [6.45, 7) is 19.7. The fraction of sp³-hybridized carbons (Fsp3) is 1.00. The van der Waals surface area contributed by atoms with Crippen LogP contribution >= 0.6 is 0 Å². The highest BCUT2D eigenvalue weighted by atomic mass is 28.5. The zero-order chi connectivity index (χ0) is 21.4.